The summed E-state index contributed by atoms with van der Waals surface area (Å²) in [5.74, 6) is 0.155. The summed E-state index contributed by atoms with van der Waals surface area (Å²) in [5, 5.41) is 8.89. The topological polar surface area (TPSA) is 40.5 Å². The van der Waals surface area contributed by atoms with Crippen LogP contribution >= 0.6 is 15.9 Å². The standard InChI is InChI=1S/C15H22BrNO2/c1-12(2)17(9-5-11-18)10-8-15(19)13-6-3-4-7-14(13)16/h3-4,6-7,12,18H,5,8-11H2,1-2H3. The summed E-state index contributed by atoms with van der Waals surface area (Å²) in [6.07, 6.45) is 1.26. The van der Waals surface area contributed by atoms with Crippen LogP contribution in [0.3, 0.4) is 0 Å². The SMILES string of the molecule is CC(C)N(CCCO)CCC(=O)c1ccccc1Br. The molecule has 0 aromatic heterocycles. The third-order valence-electron chi connectivity index (χ3n) is 3.13. The molecule has 3 nitrogen and oxygen atoms in total. The number of benzene rings is 1. The van der Waals surface area contributed by atoms with Gasteiger partial charge in [-0.05, 0) is 26.3 Å². The Hall–Kier alpha value is -0.710. The summed E-state index contributed by atoms with van der Waals surface area (Å²) >= 11 is 3.41. The van der Waals surface area contributed by atoms with Gasteiger partial charge in [-0.3, -0.25) is 4.79 Å². The smallest absolute Gasteiger partial charge is 0.165 e. The zero-order valence-electron chi connectivity index (χ0n) is 11.6. The van der Waals surface area contributed by atoms with Crippen molar-refractivity contribution in [2.75, 3.05) is 19.7 Å². The Kier molecular flexibility index (Phi) is 7.28. The average Bonchev–Trinajstić information content (AvgIpc) is 2.38. The van der Waals surface area contributed by atoms with E-state index in [4.69, 9.17) is 5.11 Å². The van der Waals surface area contributed by atoms with Crippen LogP contribution in [0.1, 0.15) is 37.0 Å². The minimum Gasteiger partial charge on any atom is -0.396 e. The van der Waals surface area contributed by atoms with E-state index in [1.54, 1.807) is 0 Å². The Morgan fingerprint density at radius 3 is 2.58 bits per heavy atom. The highest BCUT2D eigenvalue weighted by atomic mass is 79.9. The van der Waals surface area contributed by atoms with E-state index in [0.29, 0.717) is 12.5 Å². The summed E-state index contributed by atoms with van der Waals surface area (Å²) in [6, 6.07) is 7.91. The molecule has 0 spiro atoms. The van der Waals surface area contributed by atoms with Crippen LogP contribution in [0, 0.1) is 0 Å². The second-order valence-electron chi connectivity index (χ2n) is 4.86. The molecule has 4 heteroatoms. The number of aliphatic hydroxyl groups is 1. The number of carbonyl (C=O) groups is 1. The first-order valence-corrected chi connectivity index (χ1v) is 7.48. The maximum atomic E-state index is 12.2. The van der Waals surface area contributed by atoms with Crippen molar-refractivity contribution >= 4 is 21.7 Å². The van der Waals surface area contributed by atoms with Crippen molar-refractivity contribution in [2.45, 2.75) is 32.7 Å². The molecule has 0 bridgehead atoms. The van der Waals surface area contributed by atoms with Crippen LogP contribution in [-0.2, 0) is 0 Å². The Bertz CT molecular complexity index is 407. The third-order valence-corrected chi connectivity index (χ3v) is 3.83. The van der Waals surface area contributed by atoms with Gasteiger partial charge >= 0.3 is 0 Å². The summed E-state index contributed by atoms with van der Waals surface area (Å²) in [7, 11) is 0. The van der Waals surface area contributed by atoms with Crippen molar-refractivity contribution in [2.24, 2.45) is 0 Å². The number of Topliss-reactive ketones (excluding diaryl/α,β-unsaturated/α-hetero) is 1. The van der Waals surface area contributed by atoms with E-state index < -0.39 is 0 Å². The van der Waals surface area contributed by atoms with E-state index in [-0.39, 0.29) is 12.4 Å². The molecule has 0 fully saturated rings. The Balaban J connectivity index is 2.54. The lowest BCUT2D eigenvalue weighted by Crippen LogP contribution is -2.34. The summed E-state index contributed by atoms with van der Waals surface area (Å²) in [5.41, 5.74) is 0.744. The van der Waals surface area contributed by atoms with Gasteiger partial charge in [0.2, 0.25) is 0 Å². The van der Waals surface area contributed by atoms with E-state index in [2.05, 4.69) is 34.7 Å². The predicted octanol–water partition coefficient (Wildman–Crippen LogP) is 3.11. The summed E-state index contributed by atoms with van der Waals surface area (Å²) < 4.78 is 0.853. The molecular weight excluding hydrogens is 306 g/mol. The van der Waals surface area contributed by atoms with E-state index in [9.17, 15) is 4.79 Å². The van der Waals surface area contributed by atoms with Gasteiger partial charge in [-0.2, -0.15) is 0 Å². The molecule has 0 saturated heterocycles. The molecule has 1 aromatic rings. The van der Waals surface area contributed by atoms with E-state index in [1.807, 2.05) is 24.3 Å². The van der Waals surface area contributed by atoms with Crippen molar-refractivity contribution < 1.29 is 9.90 Å². The van der Waals surface area contributed by atoms with E-state index >= 15 is 0 Å². The van der Waals surface area contributed by atoms with Crippen LogP contribution in [0.25, 0.3) is 0 Å². The summed E-state index contributed by atoms with van der Waals surface area (Å²) in [4.78, 5) is 14.4. The molecule has 1 N–H and O–H groups in total. The number of carbonyl (C=O) groups excluding carboxylic acids is 1. The molecule has 1 aromatic carbocycles. The molecule has 0 unspecified atom stereocenters. The van der Waals surface area contributed by atoms with Crippen molar-refractivity contribution in [1.29, 1.82) is 0 Å². The lowest BCUT2D eigenvalue weighted by atomic mass is 10.1. The quantitative estimate of drug-likeness (QED) is 0.746. The van der Waals surface area contributed by atoms with Crippen LogP contribution in [0.5, 0.6) is 0 Å². The molecule has 0 aliphatic carbocycles. The number of hydrogen-bond acceptors (Lipinski definition) is 3. The molecule has 106 valence electrons. The lowest BCUT2D eigenvalue weighted by Gasteiger charge is -2.25. The normalized spacial score (nSPS) is 11.3. The first-order valence-electron chi connectivity index (χ1n) is 6.69. The molecule has 19 heavy (non-hydrogen) atoms. The highest BCUT2D eigenvalue weighted by Crippen LogP contribution is 2.17. The van der Waals surface area contributed by atoms with Crippen LogP contribution in [0.4, 0.5) is 0 Å². The molecule has 0 radical (unpaired) electrons. The van der Waals surface area contributed by atoms with Crippen LogP contribution < -0.4 is 0 Å². The van der Waals surface area contributed by atoms with Crippen molar-refractivity contribution in [1.82, 2.24) is 4.90 Å². The van der Waals surface area contributed by atoms with Crippen LogP contribution in [-0.4, -0.2) is 41.5 Å². The highest BCUT2D eigenvalue weighted by Gasteiger charge is 2.13. The first kappa shape index (κ1) is 16.3. The fourth-order valence-corrected chi connectivity index (χ4v) is 2.48. The van der Waals surface area contributed by atoms with Gasteiger partial charge in [-0.25, -0.2) is 0 Å². The van der Waals surface area contributed by atoms with Gasteiger partial charge in [-0.1, -0.05) is 34.1 Å². The van der Waals surface area contributed by atoms with Gasteiger partial charge < -0.3 is 10.0 Å². The zero-order chi connectivity index (χ0) is 14.3. The molecule has 0 aliphatic heterocycles. The minimum atomic E-state index is 0.155. The molecule has 0 heterocycles. The third kappa shape index (κ3) is 5.43. The Morgan fingerprint density at radius 2 is 2.00 bits per heavy atom. The molecular formula is C15H22BrNO2. The fraction of sp³-hybridized carbons (Fsp3) is 0.533. The Labute approximate surface area is 123 Å². The number of halogens is 1. The molecule has 1 rings (SSSR count). The number of ketones is 1. The van der Waals surface area contributed by atoms with Gasteiger partial charge in [0, 0.05) is 42.2 Å². The largest absolute Gasteiger partial charge is 0.396 e. The fourth-order valence-electron chi connectivity index (χ4n) is 1.97. The number of rotatable bonds is 8. The monoisotopic (exact) mass is 327 g/mol. The molecule has 0 amide bonds. The highest BCUT2D eigenvalue weighted by molar-refractivity contribution is 9.10. The van der Waals surface area contributed by atoms with Gasteiger partial charge in [-0.15, -0.1) is 0 Å². The van der Waals surface area contributed by atoms with Gasteiger partial charge in [0.15, 0.2) is 5.78 Å². The minimum absolute atomic E-state index is 0.155. The van der Waals surface area contributed by atoms with Gasteiger partial charge in [0.1, 0.15) is 0 Å². The van der Waals surface area contributed by atoms with E-state index in [1.165, 1.54) is 0 Å². The number of nitrogens with zero attached hydrogens (tertiary/aromatic N) is 1. The maximum absolute atomic E-state index is 12.2. The Morgan fingerprint density at radius 1 is 1.32 bits per heavy atom. The number of aliphatic hydroxyl groups excluding tert-OH is 1. The van der Waals surface area contributed by atoms with Gasteiger partial charge in [0.25, 0.3) is 0 Å². The van der Waals surface area contributed by atoms with Crippen LogP contribution in [0.15, 0.2) is 28.7 Å². The number of hydrogen-bond donors (Lipinski definition) is 1. The molecule has 0 saturated carbocycles. The zero-order valence-corrected chi connectivity index (χ0v) is 13.2. The second-order valence-corrected chi connectivity index (χ2v) is 5.71. The average molecular weight is 328 g/mol. The van der Waals surface area contributed by atoms with E-state index in [0.717, 1.165) is 29.5 Å². The molecule has 0 atom stereocenters. The maximum Gasteiger partial charge on any atom is 0.165 e. The first-order chi connectivity index (χ1) is 9.06. The van der Waals surface area contributed by atoms with Crippen molar-refractivity contribution in [3.8, 4) is 0 Å². The van der Waals surface area contributed by atoms with Crippen molar-refractivity contribution in [3.63, 3.8) is 0 Å². The van der Waals surface area contributed by atoms with Gasteiger partial charge in [0.05, 0.1) is 0 Å². The predicted molar refractivity (Wildman–Crippen MR) is 81.5 cm³/mol. The second kappa shape index (κ2) is 8.46. The molecule has 0 aliphatic rings. The summed E-state index contributed by atoms with van der Waals surface area (Å²) in [6.45, 7) is 5.98. The van der Waals surface area contributed by atoms with Crippen LogP contribution in [0.2, 0.25) is 0 Å². The lowest BCUT2D eigenvalue weighted by molar-refractivity contribution is 0.0952. The van der Waals surface area contributed by atoms with Crippen molar-refractivity contribution in [3.05, 3.63) is 34.3 Å².